The molecule has 6 nitrogen and oxygen atoms in total. The molecule has 0 saturated heterocycles. The monoisotopic (exact) mass is 331 g/mol. The third kappa shape index (κ3) is 2.83. The Bertz CT molecular complexity index is 950. The molecule has 118 valence electrons. The van der Waals surface area contributed by atoms with E-state index in [9.17, 15) is 13.2 Å². The van der Waals surface area contributed by atoms with E-state index in [-0.39, 0.29) is 16.4 Å². The molecular weight excluding hydrogens is 318 g/mol. The molecule has 0 amide bonds. The van der Waals surface area contributed by atoms with Gasteiger partial charge in [-0.05, 0) is 32.0 Å². The molecule has 23 heavy (non-hydrogen) atoms. The summed E-state index contributed by atoms with van der Waals surface area (Å²) in [6.45, 7) is 3.28. The first kappa shape index (κ1) is 15.2. The number of carbonyl (C=O) groups is 1. The highest BCUT2D eigenvalue weighted by molar-refractivity contribution is 7.95. The zero-order chi connectivity index (χ0) is 16.6. The Morgan fingerprint density at radius 1 is 1.17 bits per heavy atom. The molecule has 0 N–H and O–H groups in total. The lowest BCUT2D eigenvalue weighted by Gasteiger charge is -2.03. The van der Waals surface area contributed by atoms with Crippen LogP contribution in [0.2, 0.25) is 0 Å². The third-order valence-electron chi connectivity index (χ3n) is 3.35. The molecule has 0 bridgehead atoms. The standard InChI is InChI=1S/C16H13NO5S/c1-10-7-8-14(21-10)16(18)22-17-11(2)13-9-23(19,20)15-6-4-3-5-12(13)15/h3-9H,1-2H3/b17-11+. The molecule has 0 unspecified atom stereocenters. The smallest absolute Gasteiger partial charge is 0.400 e. The van der Waals surface area contributed by atoms with Gasteiger partial charge < -0.3 is 9.25 Å². The van der Waals surface area contributed by atoms with Crippen molar-refractivity contribution in [1.82, 2.24) is 0 Å². The van der Waals surface area contributed by atoms with Crippen molar-refractivity contribution in [2.45, 2.75) is 18.7 Å². The lowest BCUT2D eigenvalue weighted by molar-refractivity contribution is 0.0479. The summed E-state index contributed by atoms with van der Waals surface area (Å²) in [5.41, 5.74) is 1.23. The van der Waals surface area contributed by atoms with Crippen molar-refractivity contribution in [2.75, 3.05) is 0 Å². The van der Waals surface area contributed by atoms with Gasteiger partial charge in [0.25, 0.3) is 0 Å². The van der Waals surface area contributed by atoms with E-state index in [0.29, 0.717) is 16.9 Å². The van der Waals surface area contributed by atoms with E-state index >= 15 is 0 Å². The molecule has 1 aliphatic heterocycles. The molecule has 0 radical (unpaired) electrons. The van der Waals surface area contributed by atoms with Gasteiger partial charge in [0.2, 0.25) is 15.6 Å². The maximum atomic E-state index is 12.1. The van der Waals surface area contributed by atoms with Crippen LogP contribution in [0.5, 0.6) is 0 Å². The summed E-state index contributed by atoms with van der Waals surface area (Å²) in [6.07, 6.45) is 0. The van der Waals surface area contributed by atoms with Crippen molar-refractivity contribution in [1.29, 1.82) is 0 Å². The predicted molar refractivity (Wildman–Crippen MR) is 83.6 cm³/mol. The van der Waals surface area contributed by atoms with Crippen LogP contribution in [0, 0.1) is 6.92 Å². The summed E-state index contributed by atoms with van der Waals surface area (Å²) in [5.74, 6) is -0.129. The van der Waals surface area contributed by atoms with Gasteiger partial charge >= 0.3 is 5.97 Å². The van der Waals surface area contributed by atoms with Gasteiger partial charge in [-0.2, -0.15) is 0 Å². The second kappa shape index (κ2) is 5.51. The van der Waals surface area contributed by atoms with Gasteiger partial charge in [0.15, 0.2) is 0 Å². The first-order chi connectivity index (χ1) is 10.9. The number of oxime groups is 1. The van der Waals surface area contributed by atoms with Crippen LogP contribution in [0.4, 0.5) is 0 Å². The summed E-state index contributed by atoms with van der Waals surface area (Å²) in [6, 6.07) is 9.71. The molecule has 1 aliphatic rings. The lowest BCUT2D eigenvalue weighted by Crippen LogP contribution is -2.03. The molecule has 2 heterocycles. The fraction of sp³-hybridized carbons (Fsp3) is 0.125. The highest BCUT2D eigenvalue weighted by Crippen LogP contribution is 2.33. The second-order valence-electron chi connectivity index (χ2n) is 5.04. The molecule has 0 fully saturated rings. The maximum Gasteiger partial charge on any atom is 0.400 e. The number of hydrogen-bond acceptors (Lipinski definition) is 6. The minimum absolute atomic E-state index is 0.0347. The topological polar surface area (TPSA) is 85.9 Å². The Hall–Kier alpha value is -2.67. The van der Waals surface area contributed by atoms with E-state index in [1.54, 1.807) is 38.1 Å². The third-order valence-corrected chi connectivity index (χ3v) is 4.87. The predicted octanol–water partition coefficient (Wildman–Crippen LogP) is 2.95. The number of carbonyl (C=O) groups excluding carboxylic acids is 1. The zero-order valence-electron chi connectivity index (χ0n) is 12.4. The first-order valence-corrected chi connectivity index (χ1v) is 8.32. The first-order valence-electron chi connectivity index (χ1n) is 6.77. The van der Waals surface area contributed by atoms with Gasteiger partial charge in [-0.25, -0.2) is 13.2 Å². The normalized spacial score (nSPS) is 15.9. The second-order valence-corrected chi connectivity index (χ2v) is 6.80. The molecule has 0 saturated carbocycles. The van der Waals surface area contributed by atoms with Crippen LogP contribution in [0.25, 0.3) is 5.57 Å². The number of fused-ring (bicyclic) bond motifs is 1. The molecule has 0 aliphatic carbocycles. The Balaban J connectivity index is 1.86. The SMILES string of the molecule is C/C(=N\OC(=O)c1ccc(C)o1)C1=CS(=O)(=O)c2ccccc21. The van der Waals surface area contributed by atoms with Crippen LogP contribution >= 0.6 is 0 Å². The zero-order valence-corrected chi connectivity index (χ0v) is 13.3. The van der Waals surface area contributed by atoms with Crippen molar-refractivity contribution < 1.29 is 22.5 Å². The molecule has 2 aromatic rings. The van der Waals surface area contributed by atoms with Gasteiger partial charge in [-0.15, -0.1) is 0 Å². The molecular formula is C16H13NO5S. The Morgan fingerprint density at radius 2 is 1.91 bits per heavy atom. The summed E-state index contributed by atoms with van der Waals surface area (Å²) in [7, 11) is -3.49. The van der Waals surface area contributed by atoms with Crippen LogP contribution in [0.3, 0.4) is 0 Å². The van der Waals surface area contributed by atoms with Crippen LogP contribution in [0.1, 0.15) is 28.8 Å². The number of nitrogens with zero attached hydrogens (tertiary/aromatic N) is 1. The van der Waals surface area contributed by atoms with E-state index in [0.717, 1.165) is 5.41 Å². The average molecular weight is 331 g/mol. The van der Waals surface area contributed by atoms with Gasteiger partial charge in [0, 0.05) is 16.5 Å². The van der Waals surface area contributed by atoms with Gasteiger partial charge in [0.05, 0.1) is 10.6 Å². The van der Waals surface area contributed by atoms with Crippen LogP contribution in [-0.4, -0.2) is 20.1 Å². The van der Waals surface area contributed by atoms with Crippen molar-refractivity contribution in [3.05, 3.63) is 58.9 Å². The minimum Gasteiger partial charge on any atom is -0.454 e. The minimum atomic E-state index is -3.49. The number of furan rings is 1. The van der Waals surface area contributed by atoms with E-state index in [4.69, 9.17) is 9.25 Å². The highest BCUT2D eigenvalue weighted by atomic mass is 32.2. The van der Waals surface area contributed by atoms with Crippen LogP contribution < -0.4 is 0 Å². The Morgan fingerprint density at radius 3 is 2.61 bits per heavy atom. The van der Waals surface area contributed by atoms with Crippen molar-refractivity contribution in [2.24, 2.45) is 5.16 Å². The summed E-state index contributed by atoms with van der Waals surface area (Å²) in [5, 5.41) is 4.86. The Kier molecular flexibility index (Phi) is 3.65. The quantitative estimate of drug-likeness (QED) is 0.490. The van der Waals surface area contributed by atoms with E-state index in [2.05, 4.69) is 5.16 Å². The van der Waals surface area contributed by atoms with E-state index in [1.165, 1.54) is 12.1 Å². The highest BCUT2D eigenvalue weighted by Gasteiger charge is 2.28. The van der Waals surface area contributed by atoms with Gasteiger partial charge in [0.1, 0.15) is 5.76 Å². The largest absolute Gasteiger partial charge is 0.454 e. The molecule has 0 atom stereocenters. The molecule has 7 heteroatoms. The number of aryl methyl sites for hydroxylation is 1. The van der Waals surface area contributed by atoms with E-state index in [1.807, 2.05) is 0 Å². The number of hydrogen-bond donors (Lipinski definition) is 0. The van der Waals surface area contributed by atoms with Crippen molar-refractivity contribution in [3.8, 4) is 0 Å². The maximum absolute atomic E-state index is 12.1. The number of benzene rings is 1. The fourth-order valence-corrected chi connectivity index (χ4v) is 3.74. The number of allylic oxidation sites excluding steroid dienone is 1. The summed E-state index contributed by atoms with van der Waals surface area (Å²) >= 11 is 0. The van der Waals surface area contributed by atoms with Crippen LogP contribution in [-0.2, 0) is 14.7 Å². The Labute approximate surface area is 133 Å². The van der Waals surface area contributed by atoms with Crippen LogP contribution in [0.15, 0.2) is 56.3 Å². The molecule has 0 spiro atoms. The summed E-state index contributed by atoms with van der Waals surface area (Å²) in [4.78, 5) is 16.8. The number of sulfone groups is 1. The van der Waals surface area contributed by atoms with Gasteiger partial charge in [-0.3, -0.25) is 0 Å². The van der Waals surface area contributed by atoms with Gasteiger partial charge in [-0.1, -0.05) is 23.4 Å². The van der Waals surface area contributed by atoms with Crippen molar-refractivity contribution >= 4 is 27.1 Å². The summed E-state index contributed by atoms with van der Waals surface area (Å²) < 4.78 is 29.3. The van der Waals surface area contributed by atoms with Crippen molar-refractivity contribution in [3.63, 3.8) is 0 Å². The molecule has 3 rings (SSSR count). The number of rotatable bonds is 3. The molecule has 1 aromatic heterocycles. The molecule has 1 aromatic carbocycles. The average Bonchev–Trinajstić information content (AvgIpc) is 3.07. The lowest BCUT2D eigenvalue weighted by atomic mass is 10.0. The van der Waals surface area contributed by atoms with E-state index < -0.39 is 15.8 Å². The fourth-order valence-electron chi connectivity index (χ4n) is 2.25.